The molecular formula is C14H14F2N2O. The molecule has 0 amide bonds. The van der Waals surface area contributed by atoms with Gasteiger partial charge in [-0.1, -0.05) is 0 Å². The van der Waals surface area contributed by atoms with E-state index < -0.39 is 5.82 Å². The van der Waals surface area contributed by atoms with Crippen LogP contribution >= 0.6 is 0 Å². The number of ether oxygens (including phenoxy) is 1. The van der Waals surface area contributed by atoms with E-state index in [1.165, 1.54) is 37.4 Å². The van der Waals surface area contributed by atoms with E-state index in [0.29, 0.717) is 29.2 Å². The van der Waals surface area contributed by atoms with Gasteiger partial charge >= 0.3 is 0 Å². The van der Waals surface area contributed by atoms with E-state index >= 15 is 0 Å². The molecular weight excluding hydrogens is 250 g/mol. The van der Waals surface area contributed by atoms with E-state index in [0.717, 1.165) is 0 Å². The van der Waals surface area contributed by atoms with Gasteiger partial charge in [-0.05, 0) is 36.4 Å². The number of nitrogens with one attached hydrogen (secondary N) is 1. The lowest BCUT2D eigenvalue weighted by molar-refractivity contribution is 0.409. The molecule has 0 aliphatic carbocycles. The first kappa shape index (κ1) is 13.1. The molecule has 0 unspecified atom stereocenters. The minimum atomic E-state index is -0.397. The highest BCUT2D eigenvalue weighted by Crippen LogP contribution is 2.23. The number of hydrogen-bond donors (Lipinski definition) is 2. The number of nitrogens with two attached hydrogens (primary N) is 1. The summed E-state index contributed by atoms with van der Waals surface area (Å²) in [7, 11) is 1.52. The van der Waals surface area contributed by atoms with E-state index in [9.17, 15) is 8.78 Å². The number of rotatable bonds is 4. The molecule has 0 heterocycles. The van der Waals surface area contributed by atoms with Crippen LogP contribution in [-0.2, 0) is 6.54 Å². The molecule has 0 bridgehead atoms. The maximum Gasteiger partial charge on any atom is 0.125 e. The fraction of sp³-hybridized carbons (Fsp3) is 0.143. The molecule has 0 aliphatic rings. The van der Waals surface area contributed by atoms with Gasteiger partial charge in [0.1, 0.15) is 17.4 Å². The Balaban J connectivity index is 2.16. The fourth-order valence-corrected chi connectivity index (χ4v) is 1.77. The van der Waals surface area contributed by atoms with Gasteiger partial charge in [-0.25, -0.2) is 8.78 Å². The summed E-state index contributed by atoms with van der Waals surface area (Å²) in [4.78, 5) is 0. The van der Waals surface area contributed by atoms with Crippen molar-refractivity contribution in [1.29, 1.82) is 0 Å². The van der Waals surface area contributed by atoms with Gasteiger partial charge in [0, 0.05) is 12.1 Å². The van der Waals surface area contributed by atoms with Crippen molar-refractivity contribution in [2.24, 2.45) is 0 Å². The second-order valence-corrected chi connectivity index (χ2v) is 4.04. The summed E-state index contributed by atoms with van der Waals surface area (Å²) in [6, 6.07) is 8.34. The highest BCUT2D eigenvalue weighted by Gasteiger charge is 2.06. The van der Waals surface area contributed by atoms with E-state index in [4.69, 9.17) is 10.5 Å². The van der Waals surface area contributed by atoms with Crippen molar-refractivity contribution < 1.29 is 13.5 Å². The zero-order valence-electron chi connectivity index (χ0n) is 10.4. The standard InChI is InChI=1S/C14H14F2N2O/c1-19-14-5-3-10(15)6-9(14)8-18-13-4-2-11(16)7-12(13)17/h2-7,18H,8,17H2,1H3. The van der Waals surface area contributed by atoms with Crippen LogP contribution in [0.1, 0.15) is 5.56 Å². The summed E-state index contributed by atoms with van der Waals surface area (Å²) in [6.45, 7) is 0.330. The summed E-state index contributed by atoms with van der Waals surface area (Å²) < 4.78 is 31.2. The van der Waals surface area contributed by atoms with Gasteiger partial charge in [0.15, 0.2) is 0 Å². The molecule has 0 aromatic heterocycles. The molecule has 2 aromatic carbocycles. The number of halogens is 2. The number of benzene rings is 2. The molecule has 19 heavy (non-hydrogen) atoms. The van der Waals surface area contributed by atoms with Crippen molar-refractivity contribution in [3.8, 4) is 5.75 Å². The van der Waals surface area contributed by atoms with Gasteiger partial charge in [-0.3, -0.25) is 0 Å². The number of hydrogen-bond acceptors (Lipinski definition) is 3. The van der Waals surface area contributed by atoms with Gasteiger partial charge in [-0.15, -0.1) is 0 Å². The minimum absolute atomic E-state index is 0.301. The molecule has 100 valence electrons. The van der Waals surface area contributed by atoms with Gasteiger partial charge in [0.2, 0.25) is 0 Å². The van der Waals surface area contributed by atoms with Crippen molar-refractivity contribution in [3.05, 3.63) is 53.6 Å². The average molecular weight is 264 g/mol. The van der Waals surface area contributed by atoms with Crippen molar-refractivity contribution in [3.63, 3.8) is 0 Å². The van der Waals surface area contributed by atoms with Gasteiger partial charge in [-0.2, -0.15) is 0 Å². The van der Waals surface area contributed by atoms with Crippen LogP contribution in [0.25, 0.3) is 0 Å². The number of methoxy groups -OCH3 is 1. The molecule has 3 nitrogen and oxygen atoms in total. The normalized spacial score (nSPS) is 10.3. The molecule has 0 saturated heterocycles. The summed E-state index contributed by atoms with van der Waals surface area (Å²) in [5, 5.41) is 3.02. The molecule has 2 rings (SSSR count). The third kappa shape index (κ3) is 3.13. The Kier molecular flexibility index (Phi) is 3.85. The van der Waals surface area contributed by atoms with Crippen molar-refractivity contribution >= 4 is 11.4 Å². The monoisotopic (exact) mass is 264 g/mol. The van der Waals surface area contributed by atoms with Gasteiger partial charge in [0.25, 0.3) is 0 Å². The van der Waals surface area contributed by atoms with Crippen LogP contribution in [0, 0.1) is 11.6 Å². The second-order valence-electron chi connectivity index (χ2n) is 4.04. The lowest BCUT2D eigenvalue weighted by atomic mass is 10.2. The van der Waals surface area contributed by atoms with Crippen molar-refractivity contribution in [2.75, 3.05) is 18.2 Å². The Morgan fingerprint density at radius 3 is 2.47 bits per heavy atom. The smallest absolute Gasteiger partial charge is 0.125 e. The predicted octanol–water partition coefficient (Wildman–Crippen LogP) is 3.17. The SMILES string of the molecule is COc1ccc(F)cc1CNc1ccc(F)cc1N. The fourth-order valence-electron chi connectivity index (χ4n) is 1.77. The molecule has 0 saturated carbocycles. The quantitative estimate of drug-likeness (QED) is 0.834. The zero-order chi connectivity index (χ0) is 13.8. The first-order chi connectivity index (χ1) is 9.10. The third-order valence-corrected chi connectivity index (χ3v) is 2.73. The Morgan fingerprint density at radius 1 is 1.11 bits per heavy atom. The summed E-state index contributed by atoms with van der Waals surface area (Å²) >= 11 is 0. The van der Waals surface area contributed by atoms with E-state index in [1.54, 1.807) is 6.07 Å². The van der Waals surface area contributed by atoms with Crippen LogP contribution in [0.5, 0.6) is 5.75 Å². The minimum Gasteiger partial charge on any atom is -0.496 e. The Hall–Kier alpha value is -2.30. The first-order valence-electron chi connectivity index (χ1n) is 5.71. The number of anilines is 2. The topological polar surface area (TPSA) is 47.3 Å². The van der Waals surface area contributed by atoms with Crippen LogP contribution in [-0.4, -0.2) is 7.11 Å². The Labute approximate surface area is 110 Å². The van der Waals surface area contributed by atoms with E-state index in [-0.39, 0.29) is 5.82 Å². The highest BCUT2D eigenvalue weighted by molar-refractivity contribution is 5.66. The zero-order valence-corrected chi connectivity index (χ0v) is 10.4. The lowest BCUT2D eigenvalue weighted by Crippen LogP contribution is -2.04. The lowest BCUT2D eigenvalue weighted by Gasteiger charge is -2.12. The third-order valence-electron chi connectivity index (χ3n) is 2.73. The maximum atomic E-state index is 13.2. The molecule has 3 N–H and O–H groups in total. The Bertz CT molecular complexity index is 588. The largest absolute Gasteiger partial charge is 0.496 e. The van der Waals surface area contributed by atoms with Gasteiger partial charge in [0.05, 0.1) is 18.5 Å². The summed E-state index contributed by atoms with van der Waals surface area (Å²) in [5.74, 6) is -0.161. The van der Waals surface area contributed by atoms with Crippen LogP contribution in [0.15, 0.2) is 36.4 Å². The second kappa shape index (κ2) is 5.56. The molecule has 0 spiro atoms. The first-order valence-corrected chi connectivity index (χ1v) is 5.71. The predicted molar refractivity (Wildman–Crippen MR) is 71.1 cm³/mol. The maximum absolute atomic E-state index is 13.2. The molecule has 5 heteroatoms. The Morgan fingerprint density at radius 2 is 1.79 bits per heavy atom. The molecule has 0 atom stereocenters. The van der Waals surface area contributed by atoms with Crippen molar-refractivity contribution in [1.82, 2.24) is 0 Å². The number of nitrogen functional groups attached to an aromatic ring is 1. The molecule has 2 aromatic rings. The van der Waals surface area contributed by atoms with E-state index in [2.05, 4.69) is 5.32 Å². The molecule has 0 radical (unpaired) electrons. The van der Waals surface area contributed by atoms with Crippen LogP contribution < -0.4 is 15.8 Å². The van der Waals surface area contributed by atoms with Crippen LogP contribution in [0.3, 0.4) is 0 Å². The summed E-state index contributed by atoms with van der Waals surface area (Å²) in [5.41, 5.74) is 7.23. The summed E-state index contributed by atoms with van der Waals surface area (Å²) in [6.07, 6.45) is 0. The van der Waals surface area contributed by atoms with Crippen molar-refractivity contribution in [2.45, 2.75) is 6.54 Å². The van der Waals surface area contributed by atoms with E-state index in [1.807, 2.05) is 0 Å². The van der Waals surface area contributed by atoms with Crippen LogP contribution in [0.4, 0.5) is 20.2 Å². The average Bonchev–Trinajstić information content (AvgIpc) is 2.38. The van der Waals surface area contributed by atoms with Gasteiger partial charge < -0.3 is 15.8 Å². The highest BCUT2D eigenvalue weighted by atomic mass is 19.1. The van der Waals surface area contributed by atoms with Crippen LogP contribution in [0.2, 0.25) is 0 Å². The molecule has 0 fully saturated rings. The molecule has 0 aliphatic heterocycles.